The number of nitrogens with zero attached hydrogens (tertiary/aromatic N) is 2. The van der Waals surface area contributed by atoms with Gasteiger partial charge in [0.25, 0.3) is 5.91 Å². The van der Waals surface area contributed by atoms with Crippen molar-refractivity contribution < 1.29 is 4.79 Å². The smallest absolute Gasteiger partial charge is 0.274 e. The molecular formula is C22H23N3OS. The minimum atomic E-state index is 0.0203. The largest absolute Gasteiger partial charge is 0.333 e. The predicted octanol–water partition coefficient (Wildman–Crippen LogP) is 5.01. The third-order valence-electron chi connectivity index (χ3n) is 5.04. The lowest BCUT2D eigenvalue weighted by Gasteiger charge is -2.28. The molecule has 27 heavy (non-hydrogen) atoms. The molecule has 0 aliphatic carbocycles. The van der Waals surface area contributed by atoms with Crippen LogP contribution in [-0.4, -0.2) is 22.3 Å². The van der Waals surface area contributed by atoms with Crippen LogP contribution < -0.4 is 5.32 Å². The Hall–Kier alpha value is -2.66. The quantitative estimate of drug-likeness (QED) is 0.698. The maximum Gasteiger partial charge on any atom is 0.274 e. The third kappa shape index (κ3) is 3.60. The van der Waals surface area contributed by atoms with Crippen molar-refractivity contribution in [2.75, 3.05) is 11.9 Å². The van der Waals surface area contributed by atoms with Gasteiger partial charge in [-0.2, -0.15) is 0 Å². The zero-order valence-electron chi connectivity index (χ0n) is 15.9. The van der Waals surface area contributed by atoms with Crippen LogP contribution in [0.4, 0.5) is 10.8 Å². The third-order valence-corrected chi connectivity index (χ3v) is 5.93. The van der Waals surface area contributed by atoms with Gasteiger partial charge < -0.3 is 10.2 Å². The molecule has 1 aromatic heterocycles. The first-order chi connectivity index (χ1) is 13.0. The van der Waals surface area contributed by atoms with Gasteiger partial charge in [-0.15, -0.1) is 11.3 Å². The lowest BCUT2D eigenvalue weighted by molar-refractivity contribution is 0.0729. The molecule has 0 radical (unpaired) electrons. The number of carbonyl (C=O) groups is 1. The highest BCUT2D eigenvalue weighted by molar-refractivity contribution is 7.15. The molecule has 1 amide bonds. The summed E-state index contributed by atoms with van der Waals surface area (Å²) < 4.78 is 0. The van der Waals surface area contributed by atoms with E-state index in [1.807, 2.05) is 17.9 Å². The highest BCUT2D eigenvalue weighted by atomic mass is 32.1. The Kier molecular flexibility index (Phi) is 4.70. The van der Waals surface area contributed by atoms with Crippen LogP contribution in [0.25, 0.3) is 0 Å². The van der Waals surface area contributed by atoms with Gasteiger partial charge in [-0.05, 0) is 49.9 Å². The van der Waals surface area contributed by atoms with Crippen molar-refractivity contribution in [2.24, 2.45) is 0 Å². The second-order valence-electron chi connectivity index (χ2n) is 7.11. The molecule has 0 saturated carbocycles. The maximum absolute atomic E-state index is 13.1. The van der Waals surface area contributed by atoms with Gasteiger partial charge >= 0.3 is 0 Å². The van der Waals surface area contributed by atoms with Crippen LogP contribution in [0.15, 0.2) is 42.5 Å². The van der Waals surface area contributed by atoms with Crippen LogP contribution in [0.3, 0.4) is 0 Å². The lowest BCUT2D eigenvalue weighted by atomic mass is 10.00. The number of thiazole rings is 1. The van der Waals surface area contributed by atoms with Gasteiger partial charge in [0.05, 0.1) is 0 Å². The highest BCUT2D eigenvalue weighted by Gasteiger charge is 2.25. The number of aromatic nitrogens is 1. The summed E-state index contributed by atoms with van der Waals surface area (Å²) in [5.74, 6) is 0.0203. The molecule has 0 spiro atoms. The number of amides is 1. The van der Waals surface area contributed by atoms with Crippen LogP contribution in [0.5, 0.6) is 0 Å². The van der Waals surface area contributed by atoms with E-state index in [0.29, 0.717) is 12.2 Å². The van der Waals surface area contributed by atoms with Crippen molar-refractivity contribution in [2.45, 2.75) is 33.7 Å². The van der Waals surface area contributed by atoms with Gasteiger partial charge in [0, 0.05) is 23.7 Å². The van der Waals surface area contributed by atoms with E-state index in [0.717, 1.165) is 28.7 Å². The van der Waals surface area contributed by atoms with Crippen molar-refractivity contribution >= 4 is 28.1 Å². The van der Waals surface area contributed by atoms with Gasteiger partial charge in [0.2, 0.25) is 0 Å². The molecule has 0 saturated heterocycles. The van der Waals surface area contributed by atoms with E-state index in [2.05, 4.69) is 60.5 Å². The minimum absolute atomic E-state index is 0.0203. The zero-order valence-corrected chi connectivity index (χ0v) is 16.7. The number of hydrogen-bond donors (Lipinski definition) is 1. The molecule has 0 unspecified atom stereocenters. The van der Waals surface area contributed by atoms with Gasteiger partial charge in [-0.1, -0.05) is 42.0 Å². The number of hydrogen-bond acceptors (Lipinski definition) is 4. The maximum atomic E-state index is 13.1. The molecule has 1 aliphatic rings. The summed E-state index contributed by atoms with van der Waals surface area (Å²) in [5, 5.41) is 4.13. The molecule has 1 aliphatic heterocycles. The number of aryl methyl sites for hydroxylation is 3. The van der Waals surface area contributed by atoms with Crippen molar-refractivity contribution in [1.82, 2.24) is 9.88 Å². The van der Waals surface area contributed by atoms with E-state index < -0.39 is 0 Å². The Labute approximate surface area is 163 Å². The molecule has 4 rings (SSSR count). The van der Waals surface area contributed by atoms with Gasteiger partial charge in [0.1, 0.15) is 5.69 Å². The van der Waals surface area contributed by atoms with Gasteiger partial charge in [-0.3, -0.25) is 4.79 Å². The summed E-state index contributed by atoms with van der Waals surface area (Å²) in [6.45, 7) is 7.53. The van der Waals surface area contributed by atoms with Crippen molar-refractivity contribution in [3.05, 3.63) is 75.3 Å². The number of rotatable bonds is 3. The second kappa shape index (κ2) is 7.16. The Balaban J connectivity index is 1.54. The predicted molar refractivity (Wildman–Crippen MR) is 111 cm³/mol. The van der Waals surface area contributed by atoms with Crippen LogP contribution in [-0.2, 0) is 13.0 Å². The Morgan fingerprint density at radius 3 is 2.67 bits per heavy atom. The average molecular weight is 378 g/mol. The van der Waals surface area contributed by atoms with Crippen LogP contribution in [0.2, 0.25) is 0 Å². The second-order valence-corrected chi connectivity index (χ2v) is 8.32. The Morgan fingerprint density at radius 2 is 1.89 bits per heavy atom. The summed E-state index contributed by atoms with van der Waals surface area (Å²) in [7, 11) is 0. The molecule has 0 atom stereocenters. The van der Waals surface area contributed by atoms with Gasteiger partial charge in [0.15, 0.2) is 5.13 Å². The normalized spacial score (nSPS) is 13.4. The van der Waals surface area contributed by atoms with E-state index in [9.17, 15) is 4.79 Å². The summed E-state index contributed by atoms with van der Waals surface area (Å²) in [4.78, 5) is 20.5. The molecule has 1 N–H and O–H groups in total. The molecule has 3 aromatic rings. The first-order valence-corrected chi connectivity index (χ1v) is 10.0. The SMILES string of the molecule is Cc1ccc(Nc2nc(C(=O)N3CCc4ccccc4C3)c(C)s2)c(C)c1. The monoisotopic (exact) mass is 377 g/mol. The minimum Gasteiger partial charge on any atom is -0.333 e. The van der Waals surface area contributed by atoms with Crippen molar-refractivity contribution in [1.29, 1.82) is 0 Å². The molecule has 2 heterocycles. The van der Waals surface area contributed by atoms with E-state index in [-0.39, 0.29) is 5.91 Å². The molecule has 0 bridgehead atoms. The van der Waals surface area contributed by atoms with E-state index in [1.54, 1.807) is 0 Å². The van der Waals surface area contributed by atoms with Gasteiger partial charge in [-0.25, -0.2) is 4.98 Å². The van der Waals surface area contributed by atoms with E-state index in [1.165, 1.54) is 33.6 Å². The first kappa shape index (κ1) is 17.7. The fraction of sp³-hybridized carbons (Fsp3) is 0.273. The standard InChI is InChI=1S/C22H23N3OS/c1-14-8-9-19(15(2)12-14)23-22-24-20(16(3)27-22)21(26)25-11-10-17-6-4-5-7-18(17)13-25/h4-9,12H,10-11,13H2,1-3H3,(H,23,24). The molecule has 0 fully saturated rings. The first-order valence-electron chi connectivity index (χ1n) is 9.19. The number of carbonyl (C=O) groups excluding carboxylic acids is 1. The average Bonchev–Trinajstić information content (AvgIpc) is 3.03. The van der Waals surface area contributed by atoms with Crippen LogP contribution >= 0.6 is 11.3 Å². The van der Waals surface area contributed by atoms with Crippen LogP contribution in [0, 0.1) is 20.8 Å². The molecular weight excluding hydrogens is 354 g/mol. The molecule has 138 valence electrons. The Morgan fingerprint density at radius 1 is 1.11 bits per heavy atom. The summed E-state index contributed by atoms with van der Waals surface area (Å²) in [6, 6.07) is 14.6. The Bertz CT molecular complexity index is 1010. The number of benzene rings is 2. The molecule has 2 aromatic carbocycles. The molecule has 4 nitrogen and oxygen atoms in total. The number of fused-ring (bicyclic) bond motifs is 1. The number of nitrogens with one attached hydrogen (secondary N) is 1. The van der Waals surface area contributed by atoms with Crippen molar-refractivity contribution in [3.8, 4) is 0 Å². The summed E-state index contributed by atoms with van der Waals surface area (Å²) in [5.41, 5.74) is 6.57. The van der Waals surface area contributed by atoms with E-state index in [4.69, 9.17) is 0 Å². The topological polar surface area (TPSA) is 45.2 Å². The number of anilines is 2. The lowest BCUT2D eigenvalue weighted by Crippen LogP contribution is -2.36. The summed E-state index contributed by atoms with van der Waals surface area (Å²) >= 11 is 1.53. The van der Waals surface area contributed by atoms with E-state index >= 15 is 0 Å². The van der Waals surface area contributed by atoms with Crippen molar-refractivity contribution in [3.63, 3.8) is 0 Å². The fourth-order valence-electron chi connectivity index (χ4n) is 3.54. The fourth-order valence-corrected chi connectivity index (χ4v) is 4.35. The van der Waals surface area contributed by atoms with Crippen LogP contribution in [0.1, 0.15) is 37.6 Å². The zero-order chi connectivity index (χ0) is 19.0. The highest BCUT2D eigenvalue weighted by Crippen LogP contribution is 2.29. The summed E-state index contributed by atoms with van der Waals surface area (Å²) in [6.07, 6.45) is 0.902. The molecule has 5 heteroatoms.